The number of hydrogen-bond donors (Lipinski definition) is 1. The van der Waals surface area contributed by atoms with E-state index in [1.165, 1.54) is 18.4 Å². The lowest BCUT2D eigenvalue weighted by atomic mass is 9.97. The van der Waals surface area contributed by atoms with E-state index >= 15 is 0 Å². The lowest BCUT2D eigenvalue weighted by molar-refractivity contribution is -0.128. The Morgan fingerprint density at radius 2 is 2.15 bits per heavy atom. The predicted molar refractivity (Wildman–Crippen MR) is 102 cm³/mol. The molecule has 2 amide bonds. The van der Waals surface area contributed by atoms with Crippen LogP contribution in [0.1, 0.15) is 45.4 Å². The average molecular weight is 356 g/mol. The van der Waals surface area contributed by atoms with Gasteiger partial charge in [0.05, 0.1) is 18.2 Å². The van der Waals surface area contributed by atoms with Crippen LogP contribution in [0, 0.1) is 5.92 Å². The minimum Gasteiger partial charge on any atom is -0.492 e. The van der Waals surface area contributed by atoms with Crippen LogP contribution >= 0.6 is 0 Å². The molecule has 1 fully saturated rings. The van der Waals surface area contributed by atoms with Gasteiger partial charge in [0.2, 0.25) is 11.8 Å². The summed E-state index contributed by atoms with van der Waals surface area (Å²) in [5.41, 5.74) is 2.13. The van der Waals surface area contributed by atoms with Crippen LogP contribution in [0.4, 0.5) is 5.69 Å². The van der Waals surface area contributed by atoms with E-state index in [9.17, 15) is 9.59 Å². The Hall–Kier alpha value is -2.30. The maximum atomic E-state index is 12.6. The van der Waals surface area contributed by atoms with Gasteiger partial charge >= 0.3 is 0 Å². The second kappa shape index (κ2) is 8.88. The Balaban J connectivity index is 1.54. The standard InChI is InChI=1S/C21H28N2O3/c1-2-26-19-11-7-6-10-18(19)22-21(25)17-14-20(24)23(15-17)13-12-16-8-4-3-5-9-16/h6-8,10-11,17H,2-5,9,12-15H2,1H3,(H,22,25). The van der Waals surface area contributed by atoms with Crippen LogP contribution in [0.3, 0.4) is 0 Å². The van der Waals surface area contributed by atoms with E-state index in [0.717, 1.165) is 25.8 Å². The molecule has 1 heterocycles. The molecule has 1 N–H and O–H groups in total. The first kappa shape index (κ1) is 18.5. The molecule has 0 saturated carbocycles. The molecule has 1 atom stereocenters. The fourth-order valence-corrected chi connectivity index (χ4v) is 3.66. The van der Waals surface area contributed by atoms with Gasteiger partial charge < -0.3 is 15.0 Å². The van der Waals surface area contributed by atoms with E-state index in [2.05, 4.69) is 11.4 Å². The summed E-state index contributed by atoms with van der Waals surface area (Å²) < 4.78 is 5.55. The third-order valence-corrected chi connectivity index (χ3v) is 5.12. The number of benzene rings is 1. The molecule has 1 aliphatic carbocycles. The molecule has 1 aliphatic heterocycles. The maximum Gasteiger partial charge on any atom is 0.229 e. The Bertz CT molecular complexity index is 684. The van der Waals surface area contributed by atoms with Gasteiger partial charge in [-0.15, -0.1) is 0 Å². The molecule has 26 heavy (non-hydrogen) atoms. The van der Waals surface area contributed by atoms with Gasteiger partial charge in [0.1, 0.15) is 5.75 Å². The molecule has 0 aromatic heterocycles. The van der Waals surface area contributed by atoms with Crippen molar-refractivity contribution in [3.8, 4) is 5.75 Å². The summed E-state index contributed by atoms with van der Waals surface area (Å²) in [5, 5.41) is 2.93. The fourth-order valence-electron chi connectivity index (χ4n) is 3.66. The van der Waals surface area contributed by atoms with Crippen LogP contribution in [0.25, 0.3) is 0 Å². The van der Waals surface area contributed by atoms with Gasteiger partial charge in [-0.2, -0.15) is 0 Å². The zero-order chi connectivity index (χ0) is 18.4. The normalized spacial score (nSPS) is 20.0. The Morgan fingerprint density at radius 1 is 1.31 bits per heavy atom. The largest absolute Gasteiger partial charge is 0.492 e. The number of likely N-dealkylation sites (tertiary alicyclic amines) is 1. The second-order valence-electron chi connectivity index (χ2n) is 7.02. The van der Waals surface area contributed by atoms with Crippen molar-refractivity contribution < 1.29 is 14.3 Å². The number of ether oxygens (including phenoxy) is 1. The number of nitrogens with one attached hydrogen (secondary N) is 1. The first-order valence-electron chi connectivity index (χ1n) is 9.65. The van der Waals surface area contributed by atoms with Crippen molar-refractivity contribution in [2.24, 2.45) is 5.92 Å². The third-order valence-electron chi connectivity index (χ3n) is 5.12. The zero-order valence-corrected chi connectivity index (χ0v) is 15.5. The average Bonchev–Trinajstić information content (AvgIpc) is 3.04. The molecule has 1 saturated heterocycles. The van der Waals surface area contributed by atoms with Gasteiger partial charge in [-0.3, -0.25) is 9.59 Å². The number of hydrogen-bond acceptors (Lipinski definition) is 3. The summed E-state index contributed by atoms with van der Waals surface area (Å²) in [6, 6.07) is 7.40. The number of para-hydroxylation sites is 2. The van der Waals surface area contributed by atoms with Crippen molar-refractivity contribution >= 4 is 17.5 Å². The maximum absolute atomic E-state index is 12.6. The molecule has 5 nitrogen and oxygen atoms in total. The molecule has 1 aromatic rings. The Labute approximate surface area is 155 Å². The first-order valence-corrected chi connectivity index (χ1v) is 9.65. The molecule has 3 rings (SSSR count). The van der Waals surface area contributed by atoms with E-state index in [0.29, 0.717) is 31.0 Å². The van der Waals surface area contributed by atoms with Crippen molar-refractivity contribution in [2.75, 3.05) is 25.0 Å². The van der Waals surface area contributed by atoms with Crippen LogP contribution in [0.2, 0.25) is 0 Å². The highest BCUT2D eigenvalue weighted by molar-refractivity contribution is 5.98. The number of anilines is 1. The fraction of sp³-hybridized carbons (Fsp3) is 0.524. The highest BCUT2D eigenvalue weighted by atomic mass is 16.5. The molecule has 2 aliphatic rings. The molecule has 0 bridgehead atoms. The number of carbonyl (C=O) groups is 2. The van der Waals surface area contributed by atoms with Crippen LogP contribution in [-0.2, 0) is 9.59 Å². The predicted octanol–water partition coefficient (Wildman–Crippen LogP) is 3.76. The summed E-state index contributed by atoms with van der Waals surface area (Å²) >= 11 is 0. The zero-order valence-electron chi connectivity index (χ0n) is 15.5. The van der Waals surface area contributed by atoms with Crippen molar-refractivity contribution in [3.05, 3.63) is 35.9 Å². The summed E-state index contributed by atoms with van der Waals surface area (Å²) in [7, 11) is 0. The van der Waals surface area contributed by atoms with Gasteiger partial charge in [0.15, 0.2) is 0 Å². The van der Waals surface area contributed by atoms with E-state index in [-0.39, 0.29) is 17.7 Å². The molecular formula is C21H28N2O3. The minimum atomic E-state index is -0.294. The topological polar surface area (TPSA) is 58.6 Å². The summed E-state index contributed by atoms with van der Waals surface area (Å²) in [4.78, 5) is 26.7. The van der Waals surface area contributed by atoms with Gasteiger partial charge in [0.25, 0.3) is 0 Å². The molecule has 1 unspecified atom stereocenters. The monoisotopic (exact) mass is 356 g/mol. The third kappa shape index (κ3) is 4.65. The van der Waals surface area contributed by atoms with E-state index in [1.807, 2.05) is 36.1 Å². The van der Waals surface area contributed by atoms with E-state index < -0.39 is 0 Å². The lowest BCUT2D eigenvalue weighted by Crippen LogP contribution is -2.29. The molecule has 0 radical (unpaired) electrons. The highest BCUT2D eigenvalue weighted by Gasteiger charge is 2.34. The van der Waals surface area contributed by atoms with Gasteiger partial charge in [-0.1, -0.05) is 23.8 Å². The van der Waals surface area contributed by atoms with Crippen LogP contribution in [0.5, 0.6) is 5.75 Å². The Morgan fingerprint density at radius 3 is 2.92 bits per heavy atom. The van der Waals surface area contributed by atoms with Crippen molar-refractivity contribution in [3.63, 3.8) is 0 Å². The van der Waals surface area contributed by atoms with Gasteiger partial charge in [-0.05, 0) is 51.2 Å². The van der Waals surface area contributed by atoms with E-state index in [1.54, 1.807) is 0 Å². The number of amides is 2. The smallest absolute Gasteiger partial charge is 0.229 e. The Kier molecular flexibility index (Phi) is 6.31. The minimum absolute atomic E-state index is 0.0830. The SMILES string of the molecule is CCOc1ccccc1NC(=O)C1CC(=O)N(CCC2=CCCCC2)C1. The van der Waals surface area contributed by atoms with Crippen molar-refractivity contribution in [1.82, 2.24) is 4.90 Å². The van der Waals surface area contributed by atoms with Crippen molar-refractivity contribution in [1.29, 1.82) is 0 Å². The number of nitrogens with zero attached hydrogens (tertiary/aromatic N) is 1. The second-order valence-corrected chi connectivity index (χ2v) is 7.02. The van der Waals surface area contributed by atoms with Gasteiger partial charge in [-0.25, -0.2) is 0 Å². The molecule has 1 aromatic carbocycles. The summed E-state index contributed by atoms with van der Waals surface area (Å²) in [6.45, 7) is 3.69. The van der Waals surface area contributed by atoms with E-state index in [4.69, 9.17) is 4.74 Å². The van der Waals surface area contributed by atoms with Gasteiger partial charge in [0, 0.05) is 19.5 Å². The molecule has 0 spiro atoms. The summed E-state index contributed by atoms with van der Waals surface area (Å²) in [6.07, 6.45) is 8.39. The molecule has 140 valence electrons. The van der Waals surface area contributed by atoms with Crippen LogP contribution < -0.4 is 10.1 Å². The van der Waals surface area contributed by atoms with Crippen LogP contribution in [0.15, 0.2) is 35.9 Å². The number of carbonyl (C=O) groups excluding carboxylic acids is 2. The number of rotatable bonds is 7. The first-order chi connectivity index (χ1) is 12.7. The molecular weight excluding hydrogens is 328 g/mol. The summed E-state index contributed by atoms with van der Waals surface area (Å²) in [5.74, 6) is 0.343. The van der Waals surface area contributed by atoms with Crippen molar-refractivity contribution in [2.45, 2.75) is 45.4 Å². The molecule has 5 heteroatoms. The lowest BCUT2D eigenvalue weighted by Gasteiger charge is -2.19. The highest BCUT2D eigenvalue weighted by Crippen LogP contribution is 2.27. The quantitative estimate of drug-likeness (QED) is 0.757. The number of allylic oxidation sites excluding steroid dienone is 1. The van der Waals surface area contributed by atoms with Crippen LogP contribution in [-0.4, -0.2) is 36.4 Å².